The summed E-state index contributed by atoms with van der Waals surface area (Å²) in [5.41, 5.74) is 0.997. The number of benzene rings is 1. The van der Waals surface area contributed by atoms with Crippen molar-refractivity contribution in [2.75, 3.05) is 0 Å². The zero-order valence-corrected chi connectivity index (χ0v) is 9.84. The van der Waals surface area contributed by atoms with Crippen molar-refractivity contribution in [3.05, 3.63) is 35.9 Å². The number of esters is 1. The fraction of sp³-hybridized carbons (Fsp3) is 0.500. The van der Waals surface area contributed by atoms with Crippen LogP contribution in [0.2, 0.25) is 0 Å². The summed E-state index contributed by atoms with van der Waals surface area (Å²) in [6.07, 6.45) is 2.77. The average molecular weight is 234 g/mol. The van der Waals surface area contributed by atoms with Gasteiger partial charge >= 0.3 is 5.97 Å². The van der Waals surface area contributed by atoms with Crippen molar-refractivity contribution < 1.29 is 14.6 Å². The van der Waals surface area contributed by atoms with Crippen molar-refractivity contribution in [1.29, 1.82) is 0 Å². The van der Waals surface area contributed by atoms with Crippen molar-refractivity contribution in [2.24, 2.45) is 5.92 Å². The van der Waals surface area contributed by atoms with Crippen LogP contribution in [-0.4, -0.2) is 17.2 Å². The lowest BCUT2D eigenvalue weighted by atomic mass is 9.87. The largest absolute Gasteiger partial charge is 0.461 e. The molecule has 1 N–H and O–H groups in total. The van der Waals surface area contributed by atoms with Crippen molar-refractivity contribution in [3.8, 4) is 0 Å². The quantitative estimate of drug-likeness (QED) is 0.816. The predicted octanol–water partition coefficient (Wildman–Crippen LogP) is 2.28. The SMILES string of the molecule is O=C(OCc1ccccc1)C1CCC[C@@H](O)C1. The molecule has 3 nitrogen and oxygen atoms in total. The van der Waals surface area contributed by atoms with E-state index in [-0.39, 0.29) is 18.0 Å². The van der Waals surface area contributed by atoms with Gasteiger partial charge in [-0.15, -0.1) is 0 Å². The molecule has 3 heteroatoms. The van der Waals surface area contributed by atoms with Gasteiger partial charge in [0.1, 0.15) is 6.61 Å². The van der Waals surface area contributed by atoms with Crippen LogP contribution in [-0.2, 0) is 16.1 Å². The summed E-state index contributed by atoms with van der Waals surface area (Å²) < 4.78 is 5.27. The topological polar surface area (TPSA) is 46.5 Å². The molecular weight excluding hydrogens is 216 g/mol. The molecule has 2 atom stereocenters. The van der Waals surface area contributed by atoms with Crippen LogP contribution in [0.4, 0.5) is 0 Å². The van der Waals surface area contributed by atoms with Crippen LogP contribution in [0.3, 0.4) is 0 Å². The molecule has 17 heavy (non-hydrogen) atoms. The Morgan fingerprint density at radius 3 is 2.76 bits per heavy atom. The Morgan fingerprint density at radius 1 is 1.29 bits per heavy atom. The first-order valence-electron chi connectivity index (χ1n) is 6.14. The molecule has 1 aliphatic rings. The molecule has 92 valence electrons. The van der Waals surface area contributed by atoms with Gasteiger partial charge in [-0.05, 0) is 24.8 Å². The first kappa shape index (κ1) is 12.1. The predicted molar refractivity (Wildman–Crippen MR) is 64.2 cm³/mol. The Bertz CT molecular complexity index is 361. The molecule has 1 unspecified atom stereocenters. The van der Waals surface area contributed by atoms with Crippen LogP contribution < -0.4 is 0 Å². The number of ether oxygens (including phenoxy) is 1. The minimum absolute atomic E-state index is 0.123. The van der Waals surface area contributed by atoms with Crippen molar-refractivity contribution >= 4 is 5.97 Å². The van der Waals surface area contributed by atoms with Gasteiger partial charge in [-0.3, -0.25) is 4.79 Å². The van der Waals surface area contributed by atoms with E-state index in [1.54, 1.807) is 0 Å². The van der Waals surface area contributed by atoms with Gasteiger partial charge < -0.3 is 9.84 Å². The number of carbonyl (C=O) groups excluding carboxylic acids is 1. The molecule has 0 aliphatic heterocycles. The minimum atomic E-state index is -0.335. The molecule has 0 heterocycles. The smallest absolute Gasteiger partial charge is 0.309 e. The first-order chi connectivity index (χ1) is 8.25. The summed E-state index contributed by atoms with van der Waals surface area (Å²) in [6.45, 7) is 0.326. The molecule has 2 rings (SSSR count). The highest BCUT2D eigenvalue weighted by atomic mass is 16.5. The molecule has 1 fully saturated rings. The van der Waals surface area contributed by atoms with E-state index in [0.717, 1.165) is 24.8 Å². The maximum absolute atomic E-state index is 11.8. The average Bonchev–Trinajstić information content (AvgIpc) is 2.37. The van der Waals surface area contributed by atoms with Crippen molar-refractivity contribution in [1.82, 2.24) is 0 Å². The lowest BCUT2D eigenvalue weighted by Crippen LogP contribution is -2.27. The highest BCUT2D eigenvalue weighted by Crippen LogP contribution is 2.25. The summed E-state index contributed by atoms with van der Waals surface area (Å²) in [5, 5.41) is 9.51. The highest BCUT2D eigenvalue weighted by Gasteiger charge is 2.27. The third-order valence-corrected chi connectivity index (χ3v) is 3.20. The van der Waals surface area contributed by atoms with E-state index in [2.05, 4.69) is 0 Å². The lowest BCUT2D eigenvalue weighted by Gasteiger charge is -2.24. The zero-order chi connectivity index (χ0) is 12.1. The van der Waals surface area contributed by atoms with Gasteiger partial charge in [0.2, 0.25) is 0 Å². The van der Waals surface area contributed by atoms with Crippen LogP contribution in [0.15, 0.2) is 30.3 Å². The van der Waals surface area contributed by atoms with E-state index in [1.807, 2.05) is 30.3 Å². The van der Waals surface area contributed by atoms with Gasteiger partial charge in [0, 0.05) is 0 Å². The molecular formula is C14H18O3. The van der Waals surface area contributed by atoms with Crippen molar-refractivity contribution in [2.45, 2.75) is 38.4 Å². The Labute approximate surface area is 101 Å². The number of aliphatic hydroxyl groups excluding tert-OH is 1. The van der Waals surface area contributed by atoms with Crippen LogP contribution in [0.25, 0.3) is 0 Å². The van der Waals surface area contributed by atoms with E-state index in [9.17, 15) is 9.90 Å². The number of hydrogen-bond donors (Lipinski definition) is 1. The minimum Gasteiger partial charge on any atom is -0.461 e. The molecule has 0 amide bonds. The summed E-state index contributed by atoms with van der Waals surface area (Å²) in [6, 6.07) is 9.65. The zero-order valence-electron chi connectivity index (χ0n) is 9.84. The second kappa shape index (κ2) is 5.82. The monoisotopic (exact) mass is 234 g/mol. The molecule has 0 saturated heterocycles. The van der Waals surface area contributed by atoms with Crippen molar-refractivity contribution in [3.63, 3.8) is 0 Å². The molecule has 1 saturated carbocycles. The van der Waals surface area contributed by atoms with E-state index >= 15 is 0 Å². The number of rotatable bonds is 3. The Balaban J connectivity index is 1.81. The van der Waals surface area contributed by atoms with Gasteiger partial charge in [-0.25, -0.2) is 0 Å². The Kier molecular flexibility index (Phi) is 4.15. The number of hydrogen-bond acceptors (Lipinski definition) is 3. The molecule has 0 spiro atoms. The Hall–Kier alpha value is -1.35. The summed E-state index contributed by atoms with van der Waals surface area (Å²) in [5.74, 6) is -0.296. The highest BCUT2D eigenvalue weighted by molar-refractivity contribution is 5.72. The third-order valence-electron chi connectivity index (χ3n) is 3.20. The molecule has 1 aromatic carbocycles. The van der Waals surface area contributed by atoms with Gasteiger partial charge in [0.15, 0.2) is 0 Å². The standard InChI is InChI=1S/C14H18O3/c15-13-8-4-7-12(9-13)14(16)17-10-11-5-2-1-3-6-11/h1-3,5-6,12-13,15H,4,7-10H2/t12?,13-/m1/s1. The van der Waals surface area contributed by atoms with E-state index in [4.69, 9.17) is 4.74 Å². The van der Waals surface area contributed by atoms with Crippen LogP contribution in [0.5, 0.6) is 0 Å². The second-order valence-electron chi connectivity index (χ2n) is 4.61. The summed E-state index contributed by atoms with van der Waals surface area (Å²) in [4.78, 5) is 11.8. The molecule has 1 aliphatic carbocycles. The number of aliphatic hydroxyl groups is 1. The fourth-order valence-electron chi connectivity index (χ4n) is 2.22. The fourth-order valence-corrected chi connectivity index (χ4v) is 2.22. The van der Waals surface area contributed by atoms with E-state index < -0.39 is 0 Å². The van der Waals surface area contributed by atoms with Crippen LogP contribution in [0, 0.1) is 5.92 Å². The second-order valence-corrected chi connectivity index (χ2v) is 4.61. The third kappa shape index (κ3) is 3.56. The number of carbonyl (C=O) groups is 1. The molecule has 0 aromatic heterocycles. The van der Waals surface area contributed by atoms with Gasteiger partial charge in [-0.2, -0.15) is 0 Å². The maximum Gasteiger partial charge on any atom is 0.309 e. The molecule has 0 radical (unpaired) electrons. The Morgan fingerprint density at radius 2 is 2.06 bits per heavy atom. The summed E-state index contributed by atoms with van der Waals surface area (Å²) >= 11 is 0. The van der Waals surface area contributed by atoms with E-state index in [1.165, 1.54) is 0 Å². The molecule has 1 aromatic rings. The maximum atomic E-state index is 11.8. The normalized spacial score (nSPS) is 24.3. The van der Waals surface area contributed by atoms with Crippen LogP contribution >= 0.6 is 0 Å². The van der Waals surface area contributed by atoms with Gasteiger partial charge in [-0.1, -0.05) is 36.8 Å². The van der Waals surface area contributed by atoms with Gasteiger partial charge in [0.05, 0.1) is 12.0 Å². The first-order valence-corrected chi connectivity index (χ1v) is 6.14. The van der Waals surface area contributed by atoms with Gasteiger partial charge in [0.25, 0.3) is 0 Å². The molecule has 0 bridgehead atoms. The summed E-state index contributed by atoms with van der Waals surface area (Å²) in [7, 11) is 0. The lowest BCUT2D eigenvalue weighted by molar-refractivity contribution is -0.152. The van der Waals surface area contributed by atoms with Crippen LogP contribution in [0.1, 0.15) is 31.2 Å². The van der Waals surface area contributed by atoms with E-state index in [0.29, 0.717) is 13.0 Å².